The van der Waals surface area contributed by atoms with Crippen LogP contribution in [-0.2, 0) is 5.41 Å². The van der Waals surface area contributed by atoms with E-state index in [1.54, 1.807) is 0 Å². The fourth-order valence-corrected chi connectivity index (χ4v) is 8.84. The highest BCUT2D eigenvalue weighted by atomic mass is 31.2. The predicted molar refractivity (Wildman–Crippen MR) is 134 cm³/mol. The average Bonchev–Trinajstić information content (AvgIpc) is 3.16. The van der Waals surface area contributed by atoms with E-state index in [0.717, 1.165) is 18.8 Å². The van der Waals surface area contributed by atoms with Gasteiger partial charge in [-0.1, -0.05) is 64.1 Å². The fraction of sp³-hybridized carbons (Fsp3) is 0.400. The van der Waals surface area contributed by atoms with Crippen molar-refractivity contribution in [2.75, 3.05) is 32.1 Å². The van der Waals surface area contributed by atoms with Crippen LogP contribution in [0.5, 0.6) is 0 Å². The lowest BCUT2D eigenvalue weighted by Crippen LogP contribution is -2.30. The van der Waals surface area contributed by atoms with Gasteiger partial charge in [-0.05, 0) is 30.2 Å². The molecule has 2 aromatic carbocycles. The monoisotopic (exact) mass is 435 g/mol. The molecule has 2 aliphatic rings. The largest absolute Gasteiger partial charge is 0.346 e. The van der Waals surface area contributed by atoms with Crippen LogP contribution < -0.4 is 4.90 Å². The zero-order valence-electron chi connectivity index (χ0n) is 19.8. The van der Waals surface area contributed by atoms with E-state index in [2.05, 4.69) is 118 Å². The SMILES string of the molecule is CCN(CC)P1(=Nc2ccccc2C)/C(=C2\N(C)c3ccccc3C2(C)C)C=NN1C. The number of para-hydroxylation sites is 1. The molecule has 0 saturated heterocycles. The zero-order chi connectivity index (χ0) is 22.4. The molecule has 0 amide bonds. The van der Waals surface area contributed by atoms with Gasteiger partial charge in [0, 0.05) is 44.0 Å². The Bertz CT molecular complexity index is 1110. The van der Waals surface area contributed by atoms with E-state index < -0.39 is 7.36 Å². The van der Waals surface area contributed by atoms with Crippen LogP contribution in [0.4, 0.5) is 11.4 Å². The first-order valence-electron chi connectivity index (χ1n) is 11.1. The number of nitrogens with zero attached hydrogens (tertiary/aromatic N) is 5. The molecule has 2 aromatic rings. The summed E-state index contributed by atoms with van der Waals surface area (Å²) in [7, 11) is 1.98. The van der Waals surface area contributed by atoms with Gasteiger partial charge < -0.3 is 4.90 Å². The molecule has 0 N–H and O–H groups in total. The van der Waals surface area contributed by atoms with Gasteiger partial charge in [-0.15, -0.1) is 0 Å². The summed E-state index contributed by atoms with van der Waals surface area (Å²) in [6.07, 6.45) is 2.08. The van der Waals surface area contributed by atoms with E-state index in [4.69, 9.17) is 9.85 Å². The Morgan fingerprint density at radius 3 is 2.29 bits per heavy atom. The van der Waals surface area contributed by atoms with E-state index in [9.17, 15) is 0 Å². The van der Waals surface area contributed by atoms with Gasteiger partial charge >= 0.3 is 0 Å². The maximum absolute atomic E-state index is 5.55. The van der Waals surface area contributed by atoms with E-state index in [1.165, 1.54) is 27.8 Å². The maximum atomic E-state index is 5.55. The first kappa shape index (κ1) is 21.9. The molecule has 0 bridgehead atoms. The maximum Gasteiger partial charge on any atom is 0.174 e. The number of anilines is 1. The lowest BCUT2D eigenvalue weighted by molar-refractivity contribution is 0.452. The molecule has 1 atom stereocenters. The number of aryl methyl sites for hydroxylation is 1. The number of hydrazone groups is 1. The minimum Gasteiger partial charge on any atom is -0.346 e. The van der Waals surface area contributed by atoms with Gasteiger partial charge in [0.15, 0.2) is 7.36 Å². The molecular weight excluding hydrogens is 401 g/mol. The van der Waals surface area contributed by atoms with Crippen molar-refractivity contribution in [3.8, 4) is 0 Å². The smallest absolute Gasteiger partial charge is 0.174 e. The minimum absolute atomic E-state index is 0.127. The minimum atomic E-state index is -2.29. The lowest BCUT2D eigenvalue weighted by atomic mass is 9.84. The third-order valence-corrected chi connectivity index (χ3v) is 10.4. The standard InChI is InChI=1S/C25H34N5P/c1-8-30(9-2)31(27-21-16-12-10-14-19(21)3)23(18-26-29(31)7)24-25(4,5)20-15-11-13-17-22(20)28(24)6/h10-18H,8-9H2,1-7H3/b24-23-. The first-order valence-corrected chi connectivity index (χ1v) is 12.7. The second-order valence-electron chi connectivity index (χ2n) is 8.76. The Morgan fingerprint density at radius 2 is 1.65 bits per heavy atom. The molecule has 2 heterocycles. The molecule has 4 rings (SSSR count). The molecule has 5 nitrogen and oxygen atoms in total. The summed E-state index contributed by atoms with van der Waals surface area (Å²) in [5.41, 5.74) is 6.05. The van der Waals surface area contributed by atoms with Gasteiger partial charge in [-0.3, -0.25) is 0 Å². The Kier molecular flexibility index (Phi) is 5.61. The number of fused-ring (bicyclic) bond motifs is 1. The Balaban J connectivity index is 2.08. The molecule has 0 saturated carbocycles. The molecule has 1 unspecified atom stereocenters. The van der Waals surface area contributed by atoms with Gasteiger partial charge in [-0.25, -0.2) is 14.2 Å². The van der Waals surface area contributed by atoms with Crippen LogP contribution in [0.2, 0.25) is 0 Å². The molecule has 0 aliphatic carbocycles. The Labute approximate surface area is 187 Å². The van der Waals surface area contributed by atoms with Gasteiger partial charge in [0.25, 0.3) is 0 Å². The van der Waals surface area contributed by atoms with Crippen LogP contribution in [0.3, 0.4) is 0 Å². The fourth-order valence-electron chi connectivity index (χ4n) is 5.06. The molecule has 0 fully saturated rings. The van der Waals surface area contributed by atoms with Crippen molar-refractivity contribution >= 4 is 24.9 Å². The summed E-state index contributed by atoms with van der Waals surface area (Å²) < 4.78 is 10.2. The third-order valence-electron chi connectivity index (χ3n) is 6.67. The quantitative estimate of drug-likeness (QED) is 0.510. The van der Waals surface area contributed by atoms with E-state index in [0.29, 0.717) is 0 Å². The normalized spacial score (nSPS) is 24.3. The summed E-state index contributed by atoms with van der Waals surface area (Å²) in [6.45, 7) is 13.1. The van der Waals surface area contributed by atoms with Crippen LogP contribution >= 0.6 is 7.36 Å². The van der Waals surface area contributed by atoms with Crippen molar-refractivity contribution in [1.82, 2.24) is 9.45 Å². The van der Waals surface area contributed by atoms with Crippen LogP contribution in [-0.4, -0.2) is 42.8 Å². The average molecular weight is 436 g/mol. The topological polar surface area (TPSA) is 34.4 Å². The summed E-state index contributed by atoms with van der Waals surface area (Å²) in [6, 6.07) is 17.2. The molecule has 2 aliphatic heterocycles. The van der Waals surface area contributed by atoms with Crippen molar-refractivity contribution in [3.05, 3.63) is 70.7 Å². The van der Waals surface area contributed by atoms with Crippen LogP contribution in [0.25, 0.3) is 0 Å². The number of hydrogen-bond donors (Lipinski definition) is 0. The summed E-state index contributed by atoms with van der Waals surface area (Å²) in [5, 5.41) is 6.11. The van der Waals surface area contributed by atoms with Crippen molar-refractivity contribution in [2.24, 2.45) is 9.85 Å². The van der Waals surface area contributed by atoms with Gasteiger partial charge in [0.2, 0.25) is 0 Å². The second kappa shape index (κ2) is 7.96. The Morgan fingerprint density at radius 1 is 1.00 bits per heavy atom. The highest BCUT2D eigenvalue weighted by Crippen LogP contribution is 2.69. The number of hydrogen-bond acceptors (Lipinski definition) is 3. The number of rotatable bonds is 4. The van der Waals surface area contributed by atoms with Crippen LogP contribution in [0, 0.1) is 6.92 Å². The van der Waals surface area contributed by atoms with Crippen molar-refractivity contribution in [1.29, 1.82) is 0 Å². The van der Waals surface area contributed by atoms with E-state index in [-0.39, 0.29) is 5.41 Å². The number of benzene rings is 2. The van der Waals surface area contributed by atoms with E-state index >= 15 is 0 Å². The van der Waals surface area contributed by atoms with Crippen molar-refractivity contribution in [3.63, 3.8) is 0 Å². The predicted octanol–water partition coefficient (Wildman–Crippen LogP) is 6.57. The third kappa shape index (κ3) is 3.18. The van der Waals surface area contributed by atoms with E-state index in [1.807, 2.05) is 0 Å². The second-order valence-corrected chi connectivity index (χ2v) is 11.7. The molecule has 164 valence electrons. The molecule has 31 heavy (non-hydrogen) atoms. The van der Waals surface area contributed by atoms with Gasteiger partial charge in [-0.2, -0.15) is 5.10 Å². The molecule has 0 aromatic heterocycles. The molecule has 6 heteroatoms. The summed E-state index contributed by atoms with van der Waals surface area (Å²) >= 11 is 0. The van der Waals surface area contributed by atoms with Gasteiger partial charge in [0.05, 0.1) is 17.2 Å². The zero-order valence-corrected chi connectivity index (χ0v) is 20.7. The molecule has 0 radical (unpaired) electrons. The van der Waals surface area contributed by atoms with Crippen LogP contribution in [0.15, 0.2) is 69.4 Å². The lowest BCUT2D eigenvalue weighted by Gasteiger charge is -2.39. The summed E-state index contributed by atoms with van der Waals surface area (Å²) in [4.78, 5) is 2.36. The first-order chi connectivity index (χ1) is 14.8. The number of likely N-dealkylation sites (N-methyl/N-ethyl adjacent to an activating group) is 1. The van der Waals surface area contributed by atoms with Gasteiger partial charge in [0.1, 0.15) is 0 Å². The highest BCUT2D eigenvalue weighted by molar-refractivity contribution is 7.67. The van der Waals surface area contributed by atoms with Crippen LogP contribution in [0.1, 0.15) is 38.8 Å². The number of allylic oxidation sites excluding steroid dienone is 2. The van der Waals surface area contributed by atoms with Crippen molar-refractivity contribution < 1.29 is 0 Å². The summed E-state index contributed by atoms with van der Waals surface area (Å²) in [5.74, 6) is 0. The highest BCUT2D eigenvalue weighted by Gasteiger charge is 2.47. The Hall–Kier alpha value is -2.36. The molecular formula is C25H34N5P. The van der Waals surface area contributed by atoms with Crippen molar-refractivity contribution in [2.45, 2.75) is 40.0 Å². The molecule has 0 spiro atoms.